The molecule has 0 aliphatic heterocycles. The monoisotopic (exact) mass is 252 g/mol. The lowest BCUT2D eigenvalue weighted by Crippen LogP contribution is -2.15. The highest BCUT2D eigenvalue weighted by atomic mass is 19.2. The van der Waals surface area contributed by atoms with Crippen molar-refractivity contribution in [1.82, 2.24) is 20.5 Å². The van der Waals surface area contributed by atoms with E-state index >= 15 is 0 Å². The molecule has 0 radical (unpaired) electrons. The Labute approximate surface area is 103 Å². The Hall–Kier alpha value is -1.82. The van der Waals surface area contributed by atoms with E-state index in [0.29, 0.717) is 6.54 Å². The van der Waals surface area contributed by atoms with Crippen LogP contribution in [0.3, 0.4) is 0 Å². The Bertz CT molecular complexity index is 485. The Morgan fingerprint density at radius 3 is 2.83 bits per heavy atom. The van der Waals surface area contributed by atoms with Crippen LogP contribution in [0.4, 0.5) is 8.78 Å². The highest BCUT2D eigenvalue weighted by molar-refractivity contribution is 5.17. The molecule has 4 nitrogen and oxygen atoms in total. The number of aromatic amines is 1. The fraction of sp³-hybridized carbons (Fsp3) is 0.333. The summed E-state index contributed by atoms with van der Waals surface area (Å²) in [6, 6.07) is 3.92. The molecule has 96 valence electrons. The van der Waals surface area contributed by atoms with Gasteiger partial charge in [-0.1, -0.05) is 6.07 Å². The van der Waals surface area contributed by atoms with Gasteiger partial charge in [-0.25, -0.2) is 13.8 Å². The van der Waals surface area contributed by atoms with Crippen molar-refractivity contribution in [2.24, 2.45) is 0 Å². The SMILES string of the molecule is Fc1ccc(CNCCCc2ncn[nH]2)cc1F. The number of H-pyrrole nitrogens is 1. The van der Waals surface area contributed by atoms with Gasteiger partial charge in [-0.3, -0.25) is 5.10 Å². The normalized spacial score (nSPS) is 10.8. The van der Waals surface area contributed by atoms with E-state index in [2.05, 4.69) is 20.5 Å². The maximum atomic E-state index is 12.9. The molecule has 0 saturated heterocycles. The lowest BCUT2D eigenvalue weighted by Gasteiger charge is -2.04. The molecule has 1 heterocycles. The van der Waals surface area contributed by atoms with Gasteiger partial charge in [0, 0.05) is 13.0 Å². The van der Waals surface area contributed by atoms with Crippen molar-refractivity contribution in [3.05, 3.63) is 47.5 Å². The van der Waals surface area contributed by atoms with E-state index in [-0.39, 0.29) is 0 Å². The summed E-state index contributed by atoms with van der Waals surface area (Å²) >= 11 is 0. The first-order valence-electron chi connectivity index (χ1n) is 5.74. The highest BCUT2D eigenvalue weighted by Gasteiger charge is 2.02. The van der Waals surface area contributed by atoms with Gasteiger partial charge >= 0.3 is 0 Å². The zero-order valence-corrected chi connectivity index (χ0v) is 9.79. The van der Waals surface area contributed by atoms with E-state index in [0.717, 1.165) is 36.8 Å². The minimum Gasteiger partial charge on any atom is -0.313 e. The molecule has 0 aliphatic carbocycles. The van der Waals surface area contributed by atoms with E-state index in [4.69, 9.17) is 0 Å². The van der Waals surface area contributed by atoms with Crippen LogP contribution >= 0.6 is 0 Å². The zero-order chi connectivity index (χ0) is 12.8. The number of nitrogens with zero attached hydrogens (tertiary/aromatic N) is 2. The molecule has 0 aliphatic rings. The number of rotatable bonds is 6. The van der Waals surface area contributed by atoms with Crippen molar-refractivity contribution in [2.75, 3.05) is 6.54 Å². The van der Waals surface area contributed by atoms with E-state index in [1.165, 1.54) is 12.4 Å². The second-order valence-corrected chi connectivity index (χ2v) is 3.96. The third-order valence-corrected chi connectivity index (χ3v) is 2.55. The molecule has 1 aromatic heterocycles. The zero-order valence-electron chi connectivity index (χ0n) is 9.79. The number of benzene rings is 1. The molecule has 2 rings (SSSR count). The van der Waals surface area contributed by atoms with E-state index in [1.54, 1.807) is 6.07 Å². The standard InChI is InChI=1S/C12H14F2N4/c13-10-4-3-9(6-11(10)14)7-15-5-1-2-12-16-8-17-18-12/h3-4,6,8,15H,1-2,5,7H2,(H,16,17,18). The summed E-state index contributed by atoms with van der Waals surface area (Å²) in [6.45, 7) is 1.30. The molecule has 0 unspecified atom stereocenters. The van der Waals surface area contributed by atoms with Gasteiger partial charge in [0.1, 0.15) is 12.2 Å². The van der Waals surface area contributed by atoms with Crippen molar-refractivity contribution in [1.29, 1.82) is 0 Å². The molecule has 2 aromatic rings. The number of nitrogens with one attached hydrogen (secondary N) is 2. The van der Waals surface area contributed by atoms with Crippen molar-refractivity contribution in [2.45, 2.75) is 19.4 Å². The molecule has 18 heavy (non-hydrogen) atoms. The maximum absolute atomic E-state index is 12.9. The summed E-state index contributed by atoms with van der Waals surface area (Å²) in [7, 11) is 0. The minimum absolute atomic E-state index is 0.521. The fourth-order valence-corrected chi connectivity index (χ4v) is 1.61. The third kappa shape index (κ3) is 3.59. The fourth-order valence-electron chi connectivity index (χ4n) is 1.61. The van der Waals surface area contributed by atoms with Crippen LogP contribution in [0.1, 0.15) is 17.8 Å². The van der Waals surface area contributed by atoms with Crippen LogP contribution < -0.4 is 5.32 Å². The Morgan fingerprint density at radius 1 is 1.22 bits per heavy atom. The second kappa shape index (κ2) is 6.20. The Morgan fingerprint density at radius 2 is 2.11 bits per heavy atom. The quantitative estimate of drug-likeness (QED) is 0.771. The lowest BCUT2D eigenvalue weighted by molar-refractivity contribution is 0.506. The number of hydrogen-bond donors (Lipinski definition) is 2. The van der Waals surface area contributed by atoms with Crippen molar-refractivity contribution < 1.29 is 8.78 Å². The summed E-state index contributed by atoms with van der Waals surface area (Å²) in [5.41, 5.74) is 0.730. The topological polar surface area (TPSA) is 53.6 Å². The molecular weight excluding hydrogens is 238 g/mol. The lowest BCUT2D eigenvalue weighted by atomic mass is 10.2. The Balaban J connectivity index is 1.67. The first-order chi connectivity index (χ1) is 8.75. The van der Waals surface area contributed by atoms with E-state index in [9.17, 15) is 8.78 Å². The molecular formula is C12H14F2N4. The first kappa shape index (κ1) is 12.6. The summed E-state index contributed by atoms with van der Waals surface area (Å²) in [6.07, 6.45) is 3.19. The van der Waals surface area contributed by atoms with Gasteiger partial charge in [0.2, 0.25) is 0 Å². The molecule has 0 spiro atoms. The van der Waals surface area contributed by atoms with Gasteiger partial charge in [-0.15, -0.1) is 0 Å². The smallest absolute Gasteiger partial charge is 0.159 e. The van der Waals surface area contributed by atoms with Crippen LogP contribution in [0.2, 0.25) is 0 Å². The molecule has 0 fully saturated rings. The van der Waals surface area contributed by atoms with E-state index < -0.39 is 11.6 Å². The summed E-state index contributed by atoms with van der Waals surface area (Å²) in [4.78, 5) is 4.01. The molecule has 0 amide bonds. The predicted octanol–water partition coefficient (Wildman–Crippen LogP) is 1.81. The largest absolute Gasteiger partial charge is 0.313 e. The van der Waals surface area contributed by atoms with Crippen LogP contribution in [0.5, 0.6) is 0 Å². The van der Waals surface area contributed by atoms with Gasteiger partial charge in [0.25, 0.3) is 0 Å². The van der Waals surface area contributed by atoms with Gasteiger partial charge in [0.15, 0.2) is 11.6 Å². The predicted molar refractivity (Wildman–Crippen MR) is 62.8 cm³/mol. The van der Waals surface area contributed by atoms with Crippen molar-refractivity contribution in [3.8, 4) is 0 Å². The molecule has 2 N–H and O–H groups in total. The molecule has 0 atom stereocenters. The number of aromatic nitrogens is 3. The van der Waals surface area contributed by atoms with Gasteiger partial charge in [0.05, 0.1) is 0 Å². The summed E-state index contributed by atoms with van der Waals surface area (Å²) in [5.74, 6) is -0.773. The van der Waals surface area contributed by atoms with Crippen LogP contribution in [-0.2, 0) is 13.0 Å². The molecule has 0 bridgehead atoms. The van der Waals surface area contributed by atoms with Gasteiger partial charge in [-0.2, -0.15) is 5.10 Å². The average molecular weight is 252 g/mol. The number of hydrogen-bond acceptors (Lipinski definition) is 3. The highest BCUT2D eigenvalue weighted by Crippen LogP contribution is 2.08. The van der Waals surface area contributed by atoms with Crippen LogP contribution in [0.25, 0.3) is 0 Å². The van der Waals surface area contributed by atoms with Crippen molar-refractivity contribution >= 4 is 0 Å². The van der Waals surface area contributed by atoms with Gasteiger partial charge < -0.3 is 5.32 Å². The van der Waals surface area contributed by atoms with Crippen LogP contribution in [-0.4, -0.2) is 21.7 Å². The second-order valence-electron chi connectivity index (χ2n) is 3.96. The average Bonchev–Trinajstić information content (AvgIpc) is 2.86. The maximum Gasteiger partial charge on any atom is 0.159 e. The third-order valence-electron chi connectivity index (χ3n) is 2.55. The van der Waals surface area contributed by atoms with E-state index in [1.807, 2.05) is 0 Å². The van der Waals surface area contributed by atoms with Crippen LogP contribution in [0, 0.1) is 11.6 Å². The van der Waals surface area contributed by atoms with Crippen molar-refractivity contribution in [3.63, 3.8) is 0 Å². The Kier molecular flexibility index (Phi) is 4.35. The molecule has 6 heteroatoms. The minimum atomic E-state index is -0.816. The number of halogens is 2. The molecule has 1 aromatic carbocycles. The molecule has 0 saturated carbocycles. The first-order valence-corrected chi connectivity index (χ1v) is 5.74. The van der Waals surface area contributed by atoms with Crippen LogP contribution in [0.15, 0.2) is 24.5 Å². The number of aryl methyl sites for hydroxylation is 1. The summed E-state index contributed by atoms with van der Waals surface area (Å²) in [5, 5.41) is 9.69. The summed E-state index contributed by atoms with van der Waals surface area (Å²) < 4.78 is 25.6. The van der Waals surface area contributed by atoms with Gasteiger partial charge in [-0.05, 0) is 30.7 Å².